The zero-order valence-corrected chi connectivity index (χ0v) is 9.89. The van der Waals surface area contributed by atoms with Crippen molar-refractivity contribution in [1.29, 1.82) is 5.41 Å². The highest BCUT2D eigenvalue weighted by Crippen LogP contribution is 2.12. The van der Waals surface area contributed by atoms with Gasteiger partial charge in [-0.15, -0.1) is 0 Å². The van der Waals surface area contributed by atoms with Crippen molar-refractivity contribution < 1.29 is 0 Å². The smallest absolute Gasteiger partial charge is 0.0405 e. The minimum atomic E-state index is 0.676. The van der Waals surface area contributed by atoms with Gasteiger partial charge >= 0.3 is 0 Å². The number of benzene rings is 1. The van der Waals surface area contributed by atoms with Crippen LogP contribution in [0.1, 0.15) is 38.8 Å². The molecule has 0 fully saturated rings. The summed E-state index contributed by atoms with van der Waals surface area (Å²) in [7, 11) is 0. The fraction of sp³-hybridized carbons (Fsp3) is 0.417. The molecule has 1 aromatic carbocycles. The highest BCUT2D eigenvalue weighted by Gasteiger charge is 1.96. The van der Waals surface area contributed by atoms with Gasteiger partial charge in [0.2, 0.25) is 0 Å². The van der Waals surface area contributed by atoms with Crippen LogP contribution < -0.4 is 5.73 Å². The summed E-state index contributed by atoms with van der Waals surface area (Å²) in [5.41, 5.74) is 8.13. The Balaban J connectivity index is 0. The lowest BCUT2D eigenvalue weighted by molar-refractivity contribution is 1.43. The molecule has 0 saturated heterocycles. The zero-order valence-electron chi connectivity index (χ0n) is 9.89. The van der Waals surface area contributed by atoms with Crippen LogP contribution in [0.3, 0.4) is 0 Å². The fourth-order valence-corrected chi connectivity index (χ4v) is 0.901. The molecule has 0 aliphatic rings. The Bertz CT molecular complexity index is 234. The fourth-order valence-electron chi connectivity index (χ4n) is 0.901. The third kappa shape index (κ3) is 4.65. The standard InChI is InChI=1S/C8H10N2.2C2H6/c1-6-3-2-4-8(10)7(6)5-9;2*1-2/h2-5,9H,10H2,1H3;2*1-2H3. The van der Waals surface area contributed by atoms with Gasteiger partial charge in [-0.1, -0.05) is 39.8 Å². The van der Waals surface area contributed by atoms with E-state index in [-0.39, 0.29) is 0 Å². The number of hydrogen-bond acceptors (Lipinski definition) is 2. The molecule has 1 aromatic rings. The van der Waals surface area contributed by atoms with Gasteiger partial charge in [0.15, 0.2) is 0 Å². The second-order valence-electron chi connectivity index (χ2n) is 2.22. The Kier molecular flexibility index (Phi) is 10.6. The highest BCUT2D eigenvalue weighted by molar-refractivity contribution is 5.86. The molecule has 0 atom stereocenters. The van der Waals surface area contributed by atoms with Crippen LogP contribution in [0.2, 0.25) is 0 Å². The van der Waals surface area contributed by atoms with Crippen molar-refractivity contribution >= 4 is 11.9 Å². The summed E-state index contributed by atoms with van der Waals surface area (Å²) in [6, 6.07) is 5.63. The van der Waals surface area contributed by atoms with E-state index in [1.54, 1.807) is 6.07 Å². The molecule has 0 bridgehead atoms. The summed E-state index contributed by atoms with van der Waals surface area (Å²) in [5.74, 6) is 0. The van der Waals surface area contributed by atoms with E-state index in [2.05, 4.69) is 0 Å². The van der Waals surface area contributed by atoms with Crippen LogP contribution in [-0.2, 0) is 0 Å². The van der Waals surface area contributed by atoms with Gasteiger partial charge in [-0.25, -0.2) is 0 Å². The lowest BCUT2D eigenvalue weighted by Crippen LogP contribution is -1.94. The van der Waals surface area contributed by atoms with E-state index in [9.17, 15) is 0 Å². The Morgan fingerprint density at radius 1 is 1.14 bits per heavy atom. The van der Waals surface area contributed by atoms with E-state index >= 15 is 0 Å². The molecule has 0 spiro atoms. The molecule has 14 heavy (non-hydrogen) atoms. The monoisotopic (exact) mass is 194 g/mol. The van der Waals surface area contributed by atoms with E-state index in [1.807, 2.05) is 46.8 Å². The largest absolute Gasteiger partial charge is 0.398 e. The number of hydrogen-bond donors (Lipinski definition) is 2. The molecule has 0 aliphatic carbocycles. The minimum Gasteiger partial charge on any atom is -0.398 e. The van der Waals surface area contributed by atoms with E-state index in [0.717, 1.165) is 11.1 Å². The van der Waals surface area contributed by atoms with Crippen molar-refractivity contribution in [3.8, 4) is 0 Å². The first-order valence-electron chi connectivity index (χ1n) is 5.11. The van der Waals surface area contributed by atoms with Crippen LogP contribution >= 0.6 is 0 Å². The van der Waals surface area contributed by atoms with E-state index in [0.29, 0.717) is 5.69 Å². The van der Waals surface area contributed by atoms with Gasteiger partial charge in [0.1, 0.15) is 0 Å². The Labute approximate surface area is 87.7 Å². The number of aryl methyl sites for hydroxylation is 1. The molecule has 0 saturated carbocycles. The van der Waals surface area contributed by atoms with E-state index in [4.69, 9.17) is 11.1 Å². The maximum Gasteiger partial charge on any atom is 0.0405 e. The van der Waals surface area contributed by atoms with Crippen molar-refractivity contribution in [2.75, 3.05) is 5.73 Å². The highest BCUT2D eigenvalue weighted by atomic mass is 14.6. The molecule has 0 aromatic heterocycles. The van der Waals surface area contributed by atoms with Crippen molar-refractivity contribution in [3.05, 3.63) is 29.3 Å². The second kappa shape index (κ2) is 9.78. The molecule has 0 aliphatic heterocycles. The van der Waals surface area contributed by atoms with Gasteiger partial charge in [0.25, 0.3) is 0 Å². The normalized spacial score (nSPS) is 7.50. The Morgan fingerprint density at radius 3 is 1.93 bits per heavy atom. The molecular weight excluding hydrogens is 172 g/mol. The number of rotatable bonds is 1. The molecular formula is C12H22N2. The van der Waals surface area contributed by atoms with Crippen molar-refractivity contribution in [3.63, 3.8) is 0 Å². The SMILES string of the molecule is CC.CC.Cc1cccc(N)c1C=N. The van der Waals surface area contributed by atoms with Crippen molar-refractivity contribution in [2.45, 2.75) is 34.6 Å². The molecule has 0 amide bonds. The maximum absolute atomic E-state index is 7.02. The zero-order chi connectivity index (χ0) is 11.6. The molecule has 80 valence electrons. The Hall–Kier alpha value is -1.31. The molecule has 2 nitrogen and oxygen atoms in total. The van der Waals surface area contributed by atoms with E-state index < -0.39 is 0 Å². The molecule has 1 rings (SSSR count). The summed E-state index contributed by atoms with van der Waals surface area (Å²) < 4.78 is 0. The van der Waals surface area contributed by atoms with Crippen LogP contribution in [-0.4, -0.2) is 6.21 Å². The predicted molar refractivity (Wildman–Crippen MR) is 66.2 cm³/mol. The average molecular weight is 194 g/mol. The number of nitrogens with two attached hydrogens (primary N) is 1. The van der Waals surface area contributed by atoms with Crippen LogP contribution in [0.15, 0.2) is 18.2 Å². The minimum absolute atomic E-state index is 0.676. The Morgan fingerprint density at radius 2 is 1.64 bits per heavy atom. The first-order chi connectivity index (χ1) is 6.75. The summed E-state index contributed by atoms with van der Waals surface area (Å²) in [6.45, 7) is 9.94. The van der Waals surface area contributed by atoms with Gasteiger partial charge in [-0.2, -0.15) is 0 Å². The van der Waals surface area contributed by atoms with Crippen molar-refractivity contribution in [1.82, 2.24) is 0 Å². The van der Waals surface area contributed by atoms with Crippen LogP contribution in [0.25, 0.3) is 0 Å². The summed E-state index contributed by atoms with van der Waals surface area (Å²) in [4.78, 5) is 0. The maximum atomic E-state index is 7.02. The summed E-state index contributed by atoms with van der Waals surface area (Å²) in [5, 5.41) is 7.02. The summed E-state index contributed by atoms with van der Waals surface area (Å²) in [6.07, 6.45) is 1.28. The van der Waals surface area contributed by atoms with Gasteiger partial charge in [0, 0.05) is 17.5 Å². The number of nitrogen functional groups attached to an aromatic ring is 1. The van der Waals surface area contributed by atoms with Gasteiger partial charge < -0.3 is 11.1 Å². The van der Waals surface area contributed by atoms with Crippen LogP contribution in [0, 0.1) is 12.3 Å². The van der Waals surface area contributed by atoms with E-state index in [1.165, 1.54) is 6.21 Å². The topological polar surface area (TPSA) is 49.9 Å². The first kappa shape index (κ1) is 15.2. The van der Waals surface area contributed by atoms with Crippen LogP contribution in [0.5, 0.6) is 0 Å². The lowest BCUT2D eigenvalue weighted by Gasteiger charge is -2.01. The molecule has 0 unspecified atom stereocenters. The van der Waals surface area contributed by atoms with Gasteiger partial charge in [-0.3, -0.25) is 0 Å². The third-order valence-corrected chi connectivity index (χ3v) is 1.50. The molecule has 2 heteroatoms. The first-order valence-corrected chi connectivity index (χ1v) is 5.11. The predicted octanol–water partition coefficient (Wildman–Crippen LogP) is 3.63. The van der Waals surface area contributed by atoms with Gasteiger partial charge in [-0.05, 0) is 18.6 Å². The number of anilines is 1. The van der Waals surface area contributed by atoms with Gasteiger partial charge in [0.05, 0.1) is 0 Å². The number of nitrogens with one attached hydrogen (secondary N) is 1. The quantitative estimate of drug-likeness (QED) is 0.520. The van der Waals surface area contributed by atoms with Crippen LogP contribution in [0.4, 0.5) is 5.69 Å². The second-order valence-corrected chi connectivity index (χ2v) is 2.22. The summed E-state index contributed by atoms with van der Waals surface area (Å²) >= 11 is 0. The molecule has 0 heterocycles. The molecule has 0 radical (unpaired) electrons. The third-order valence-electron chi connectivity index (χ3n) is 1.50. The average Bonchev–Trinajstić information content (AvgIpc) is 2.24. The van der Waals surface area contributed by atoms with Crippen molar-refractivity contribution in [2.24, 2.45) is 0 Å². The molecule has 3 N–H and O–H groups in total. The lowest BCUT2D eigenvalue weighted by atomic mass is 10.1.